The quantitative estimate of drug-likeness (QED) is 0.500. The van der Waals surface area contributed by atoms with Gasteiger partial charge in [0.15, 0.2) is 9.84 Å². The van der Waals surface area contributed by atoms with Gasteiger partial charge in [-0.2, -0.15) is 0 Å². The van der Waals surface area contributed by atoms with Crippen LogP contribution in [0.15, 0.2) is 65.8 Å². The maximum absolute atomic E-state index is 13.7. The molecule has 0 aliphatic carbocycles. The van der Waals surface area contributed by atoms with E-state index in [1.807, 2.05) is 11.0 Å². The average Bonchev–Trinajstić information content (AvgIpc) is 2.87. The number of halogens is 1. The Bertz CT molecular complexity index is 1360. The Morgan fingerprint density at radius 3 is 2.31 bits per heavy atom. The Labute approximate surface area is 209 Å². The Balaban J connectivity index is 1.49. The Morgan fingerprint density at radius 1 is 1.00 bits per heavy atom. The zero-order valence-electron chi connectivity index (χ0n) is 20.0. The normalized spacial score (nSPS) is 14.0. The number of benzene rings is 2. The molecule has 9 nitrogen and oxygen atoms in total. The molecule has 4 rings (SSSR count). The molecule has 1 saturated heterocycles. The van der Waals surface area contributed by atoms with Gasteiger partial charge in [-0.05, 0) is 37.3 Å². The average molecular weight is 512 g/mol. The van der Waals surface area contributed by atoms with Crippen LogP contribution < -0.4 is 9.80 Å². The van der Waals surface area contributed by atoms with Crippen LogP contribution in [0.1, 0.15) is 16.2 Å². The molecule has 36 heavy (non-hydrogen) atoms. The summed E-state index contributed by atoms with van der Waals surface area (Å²) in [7, 11) is -3.64. The molecule has 11 heteroatoms. The maximum Gasteiger partial charge on any atom is 0.278 e. The summed E-state index contributed by atoms with van der Waals surface area (Å²) in [6.07, 6.45) is 3.93. The highest BCUT2D eigenvalue weighted by Gasteiger charge is 2.28. The summed E-state index contributed by atoms with van der Waals surface area (Å²) in [5.74, 6) is -1.32. The van der Waals surface area contributed by atoms with Crippen LogP contribution in [0.5, 0.6) is 0 Å². The number of carbonyl (C=O) groups is 2. The number of aromatic nitrogens is 2. The first kappa shape index (κ1) is 25.2. The molecular weight excluding hydrogens is 485 g/mol. The van der Waals surface area contributed by atoms with E-state index in [0.29, 0.717) is 43.2 Å². The van der Waals surface area contributed by atoms with Gasteiger partial charge in [0, 0.05) is 44.3 Å². The Kier molecular flexibility index (Phi) is 7.30. The Hall–Kier alpha value is -3.86. The summed E-state index contributed by atoms with van der Waals surface area (Å²) in [5.41, 5.74) is 1.77. The number of sulfone groups is 1. The van der Waals surface area contributed by atoms with Gasteiger partial charge in [0.05, 0.1) is 22.5 Å². The lowest BCUT2D eigenvalue weighted by molar-refractivity contribution is -0.129. The molecule has 3 aromatic rings. The van der Waals surface area contributed by atoms with Gasteiger partial charge < -0.3 is 9.80 Å². The first-order chi connectivity index (χ1) is 17.1. The summed E-state index contributed by atoms with van der Waals surface area (Å²) in [6, 6.07) is 12.5. The molecular formula is C25H26FN5O4S. The second-order valence-corrected chi connectivity index (χ2v) is 10.5. The predicted octanol–water partition coefficient (Wildman–Crippen LogP) is 2.32. The summed E-state index contributed by atoms with van der Waals surface area (Å²) >= 11 is 0. The Morgan fingerprint density at radius 2 is 1.69 bits per heavy atom. The van der Waals surface area contributed by atoms with E-state index in [9.17, 15) is 22.4 Å². The van der Waals surface area contributed by atoms with Crippen molar-refractivity contribution in [1.29, 1.82) is 0 Å². The van der Waals surface area contributed by atoms with Gasteiger partial charge in [-0.15, -0.1) is 0 Å². The zero-order valence-corrected chi connectivity index (χ0v) is 20.8. The summed E-state index contributed by atoms with van der Waals surface area (Å²) in [4.78, 5) is 39.5. The van der Waals surface area contributed by atoms with Crippen molar-refractivity contribution in [1.82, 2.24) is 14.9 Å². The third kappa shape index (κ3) is 5.68. The highest BCUT2D eigenvalue weighted by atomic mass is 32.2. The fraction of sp³-hybridized carbons (Fsp3) is 0.280. The van der Waals surface area contributed by atoms with Crippen molar-refractivity contribution in [2.75, 3.05) is 48.8 Å². The number of carbonyl (C=O) groups excluding carboxylic acids is 2. The van der Waals surface area contributed by atoms with Crippen LogP contribution in [0.3, 0.4) is 0 Å². The van der Waals surface area contributed by atoms with E-state index < -0.39 is 21.6 Å². The van der Waals surface area contributed by atoms with Crippen LogP contribution in [0.4, 0.5) is 15.8 Å². The van der Waals surface area contributed by atoms with E-state index in [-0.39, 0.29) is 23.0 Å². The SMILES string of the molecule is Cc1cnc(C(=O)N(CC(=O)N2CCN(c3ccc(F)cc3S(C)(=O)=O)CC2)c2ccccc2)cn1. The van der Waals surface area contributed by atoms with Crippen molar-refractivity contribution in [3.05, 3.63) is 78.1 Å². The van der Waals surface area contributed by atoms with E-state index in [1.54, 1.807) is 36.1 Å². The van der Waals surface area contributed by atoms with Crippen molar-refractivity contribution < 1.29 is 22.4 Å². The van der Waals surface area contributed by atoms with Crippen molar-refractivity contribution in [3.8, 4) is 0 Å². The molecule has 188 valence electrons. The zero-order chi connectivity index (χ0) is 25.9. The largest absolute Gasteiger partial charge is 0.367 e. The molecule has 0 spiro atoms. The molecule has 0 atom stereocenters. The van der Waals surface area contributed by atoms with Crippen LogP contribution in [0, 0.1) is 12.7 Å². The van der Waals surface area contributed by atoms with Crippen molar-refractivity contribution in [3.63, 3.8) is 0 Å². The van der Waals surface area contributed by atoms with Gasteiger partial charge in [0.2, 0.25) is 5.91 Å². The van der Waals surface area contributed by atoms with Gasteiger partial charge in [0.25, 0.3) is 5.91 Å². The molecule has 0 bridgehead atoms. The van der Waals surface area contributed by atoms with Crippen molar-refractivity contribution in [2.24, 2.45) is 0 Å². The lowest BCUT2D eigenvalue weighted by Gasteiger charge is -2.37. The molecule has 1 aliphatic rings. The number of amides is 2. The monoisotopic (exact) mass is 511 g/mol. The van der Waals surface area contributed by atoms with Crippen LogP contribution in [0.25, 0.3) is 0 Å². The maximum atomic E-state index is 13.7. The van der Waals surface area contributed by atoms with Gasteiger partial charge in [0.1, 0.15) is 18.1 Å². The molecule has 2 aromatic carbocycles. The molecule has 2 heterocycles. The first-order valence-electron chi connectivity index (χ1n) is 11.3. The molecule has 1 aromatic heterocycles. The van der Waals surface area contributed by atoms with Crippen LogP contribution in [0.2, 0.25) is 0 Å². The summed E-state index contributed by atoms with van der Waals surface area (Å²) in [6.45, 7) is 2.94. The standard InChI is InChI=1S/C25H26FN5O4S/c1-18-15-28-21(16-27-18)25(33)31(20-6-4-3-5-7-20)17-24(32)30-12-10-29(11-13-30)22-9-8-19(26)14-23(22)36(2,34)35/h3-9,14-16H,10-13,17H2,1-2H3. The predicted molar refractivity (Wildman–Crippen MR) is 133 cm³/mol. The minimum atomic E-state index is -3.64. The number of rotatable bonds is 6. The first-order valence-corrected chi connectivity index (χ1v) is 13.2. The fourth-order valence-corrected chi connectivity index (χ4v) is 4.91. The van der Waals surface area contributed by atoms with Crippen LogP contribution in [-0.4, -0.2) is 74.1 Å². The minimum Gasteiger partial charge on any atom is -0.367 e. The number of hydrogen-bond donors (Lipinski definition) is 0. The summed E-state index contributed by atoms with van der Waals surface area (Å²) < 4.78 is 38.0. The lowest BCUT2D eigenvalue weighted by Crippen LogP contribution is -2.52. The third-order valence-electron chi connectivity index (χ3n) is 5.90. The minimum absolute atomic E-state index is 0.0812. The van der Waals surface area contributed by atoms with E-state index in [4.69, 9.17) is 0 Å². The van der Waals surface area contributed by atoms with Crippen molar-refractivity contribution >= 4 is 33.0 Å². The molecule has 2 amide bonds. The van der Waals surface area contributed by atoms with Gasteiger partial charge in [-0.25, -0.2) is 17.8 Å². The fourth-order valence-electron chi connectivity index (χ4n) is 4.01. The van der Waals surface area contributed by atoms with Crippen LogP contribution >= 0.6 is 0 Å². The van der Waals surface area contributed by atoms with E-state index in [1.165, 1.54) is 29.4 Å². The molecule has 1 aliphatic heterocycles. The molecule has 1 fully saturated rings. The third-order valence-corrected chi connectivity index (χ3v) is 7.03. The number of aryl methyl sites for hydroxylation is 1. The van der Waals surface area contributed by atoms with Crippen molar-refractivity contribution in [2.45, 2.75) is 11.8 Å². The molecule has 0 saturated carbocycles. The topological polar surface area (TPSA) is 104 Å². The number of anilines is 2. The highest BCUT2D eigenvalue weighted by Crippen LogP contribution is 2.27. The molecule has 0 radical (unpaired) electrons. The number of piperazine rings is 1. The second-order valence-electron chi connectivity index (χ2n) is 8.52. The molecule has 0 unspecified atom stereocenters. The molecule has 0 N–H and O–H groups in total. The highest BCUT2D eigenvalue weighted by molar-refractivity contribution is 7.90. The van der Waals surface area contributed by atoms with Gasteiger partial charge >= 0.3 is 0 Å². The van der Waals surface area contributed by atoms with Crippen LogP contribution in [-0.2, 0) is 14.6 Å². The summed E-state index contributed by atoms with van der Waals surface area (Å²) in [5, 5.41) is 0. The number of para-hydroxylation sites is 1. The number of hydrogen-bond acceptors (Lipinski definition) is 7. The number of nitrogens with zero attached hydrogens (tertiary/aromatic N) is 5. The van der Waals surface area contributed by atoms with E-state index >= 15 is 0 Å². The second kappa shape index (κ2) is 10.4. The van der Waals surface area contributed by atoms with Gasteiger partial charge in [-0.3, -0.25) is 19.5 Å². The lowest BCUT2D eigenvalue weighted by atomic mass is 10.2. The van der Waals surface area contributed by atoms with E-state index in [2.05, 4.69) is 9.97 Å². The van der Waals surface area contributed by atoms with E-state index in [0.717, 1.165) is 12.3 Å². The smallest absolute Gasteiger partial charge is 0.278 e. The van der Waals surface area contributed by atoms with Gasteiger partial charge in [-0.1, -0.05) is 18.2 Å².